The van der Waals surface area contributed by atoms with E-state index in [1.807, 2.05) is 0 Å². The molecule has 0 rings (SSSR count). The molecule has 0 aliphatic rings. The van der Waals surface area contributed by atoms with Gasteiger partial charge in [-0.15, -0.1) is 0 Å². The zero-order chi connectivity index (χ0) is 22.5. The number of esters is 2. The molecule has 0 spiro atoms. The fraction of sp³-hybridized carbons (Fsp3) is 0.826. The molecule has 0 heterocycles. The van der Waals surface area contributed by atoms with Gasteiger partial charge in [0, 0.05) is 6.42 Å². The highest BCUT2D eigenvalue weighted by atomic mass is 32.1. The van der Waals surface area contributed by atoms with Gasteiger partial charge < -0.3 is 19.7 Å². The lowest BCUT2D eigenvalue weighted by Crippen LogP contribution is -2.28. The van der Waals surface area contributed by atoms with Crippen molar-refractivity contribution in [1.29, 1.82) is 0 Å². The minimum Gasteiger partial charge on any atom is -0.462 e. The number of carbonyl (C=O) groups is 2. The number of hydrogen-bond acceptors (Lipinski definition) is 7. The van der Waals surface area contributed by atoms with Gasteiger partial charge >= 0.3 is 11.9 Å². The van der Waals surface area contributed by atoms with Crippen molar-refractivity contribution in [2.24, 2.45) is 0 Å². The molecular formula is C23H42O6S. The Labute approximate surface area is 187 Å². The molecule has 0 aromatic rings. The predicted molar refractivity (Wildman–Crippen MR) is 123 cm³/mol. The molecular weight excluding hydrogens is 404 g/mol. The van der Waals surface area contributed by atoms with E-state index >= 15 is 0 Å². The highest BCUT2D eigenvalue weighted by Gasteiger charge is 2.15. The Morgan fingerprint density at radius 2 is 1.67 bits per heavy atom. The first-order valence-corrected chi connectivity index (χ1v) is 12.1. The molecule has 0 saturated carbocycles. The van der Waals surface area contributed by atoms with E-state index in [9.17, 15) is 14.7 Å². The number of allylic oxidation sites excluding steroid dienone is 1. The summed E-state index contributed by atoms with van der Waals surface area (Å²) in [7, 11) is 0. The monoisotopic (exact) mass is 446 g/mol. The fourth-order valence-corrected chi connectivity index (χ4v) is 3.04. The highest BCUT2D eigenvalue weighted by molar-refractivity contribution is 7.81. The van der Waals surface area contributed by atoms with Crippen LogP contribution in [-0.4, -0.2) is 53.3 Å². The minimum absolute atomic E-state index is 0.0820. The first-order valence-electron chi connectivity index (χ1n) is 11.4. The summed E-state index contributed by atoms with van der Waals surface area (Å²) in [6.45, 7) is 1.67. The molecule has 0 aromatic carbocycles. The topological polar surface area (TPSA) is 93.1 Å². The van der Waals surface area contributed by atoms with Crippen LogP contribution in [0.1, 0.15) is 90.4 Å². The third-order valence-corrected chi connectivity index (χ3v) is 5.04. The zero-order valence-corrected chi connectivity index (χ0v) is 19.5. The van der Waals surface area contributed by atoms with E-state index in [0.29, 0.717) is 6.42 Å². The molecule has 176 valence electrons. The van der Waals surface area contributed by atoms with Crippen LogP contribution in [0, 0.1) is 0 Å². The van der Waals surface area contributed by atoms with Crippen molar-refractivity contribution in [3.8, 4) is 0 Å². The number of hydrogen-bond donors (Lipinski definition) is 3. The molecule has 6 nitrogen and oxygen atoms in total. The van der Waals surface area contributed by atoms with Crippen LogP contribution in [0.25, 0.3) is 0 Å². The van der Waals surface area contributed by atoms with Crippen molar-refractivity contribution in [2.45, 2.75) is 103 Å². The van der Waals surface area contributed by atoms with Gasteiger partial charge in [0.05, 0.1) is 18.5 Å². The van der Waals surface area contributed by atoms with Gasteiger partial charge in [-0.3, -0.25) is 9.59 Å². The summed E-state index contributed by atoms with van der Waals surface area (Å²) in [5.74, 6) is -0.977. The van der Waals surface area contributed by atoms with Crippen molar-refractivity contribution in [3.63, 3.8) is 0 Å². The molecule has 0 saturated heterocycles. The molecule has 1 unspecified atom stereocenters. The van der Waals surface area contributed by atoms with Gasteiger partial charge in [0.25, 0.3) is 0 Å². The Morgan fingerprint density at radius 3 is 2.37 bits per heavy atom. The summed E-state index contributed by atoms with van der Waals surface area (Å²) in [6.07, 6.45) is 16.0. The first-order chi connectivity index (χ1) is 14.5. The lowest BCUT2D eigenvalue weighted by molar-refractivity contribution is -0.159. The maximum Gasteiger partial charge on any atom is 0.316 e. The summed E-state index contributed by atoms with van der Waals surface area (Å²) >= 11 is 3.78. The zero-order valence-electron chi connectivity index (χ0n) is 18.6. The van der Waals surface area contributed by atoms with E-state index in [1.54, 1.807) is 0 Å². The normalized spacial score (nSPS) is 13.3. The molecule has 0 aliphatic heterocycles. The van der Waals surface area contributed by atoms with Crippen LogP contribution in [-0.2, 0) is 19.1 Å². The molecule has 2 N–H and O–H groups in total. The van der Waals surface area contributed by atoms with E-state index in [2.05, 4.69) is 31.7 Å². The van der Waals surface area contributed by atoms with Gasteiger partial charge in [0.2, 0.25) is 0 Å². The molecule has 7 heteroatoms. The van der Waals surface area contributed by atoms with Crippen LogP contribution in [0.5, 0.6) is 0 Å². The van der Waals surface area contributed by atoms with Crippen molar-refractivity contribution in [3.05, 3.63) is 12.2 Å². The number of thiol groups is 1. The number of aliphatic hydroxyl groups excluding tert-OH is 2. The quantitative estimate of drug-likeness (QED) is 0.111. The molecule has 0 bridgehead atoms. The van der Waals surface area contributed by atoms with Crippen LogP contribution in [0.2, 0.25) is 0 Å². The summed E-state index contributed by atoms with van der Waals surface area (Å²) in [4.78, 5) is 22.8. The van der Waals surface area contributed by atoms with Crippen molar-refractivity contribution in [1.82, 2.24) is 0 Å². The number of rotatable bonds is 20. The van der Waals surface area contributed by atoms with Crippen LogP contribution >= 0.6 is 12.6 Å². The minimum atomic E-state index is -0.830. The second-order valence-corrected chi connectivity index (χ2v) is 7.97. The molecule has 30 heavy (non-hydrogen) atoms. The van der Waals surface area contributed by atoms with Gasteiger partial charge in [-0.2, -0.15) is 12.6 Å². The van der Waals surface area contributed by atoms with Crippen LogP contribution in [0.3, 0.4) is 0 Å². The third kappa shape index (κ3) is 18.9. The van der Waals surface area contributed by atoms with E-state index in [0.717, 1.165) is 57.8 Å². The molecule has 0 aromatic heterocycles. The van der Waals surface area contributed by atoms with Crippen molar-refractivity contribution < 1.29 is 29.3 Å². The number of ether oxygens (including phenoxy) is 2. The Morgan fingerprint density at radius 1 is 0.967 bits per heavy atom. The number of unbranched alkanes of at least 4 members (excludes halogenated alkanes) is 8. The van der Waals surface area contributed by atoms with Gasteiger partial charge in [-0.1, -0.05) is 64.0 Å². The van der Waals surface area contributed by atoms with Crippen LogP contribution < -0.4 is 0 Å². The lowest BCUT2D eigenvalue weighted by Gasteiger charge is -2.15. The maximum absolute atomic E-state index is 11.7. The molecule has 0 radical (unpaired) electrons. The molecule has 2 atom stereocenters. The van der Waals surface area contributed by atoms with Crippen LogP contribution in [0.15, 0.2) is 12.2 Å². The highest BCUT2D eigenvalue weighted by Crippen LogP contribution is 2.11. The average Bonchev–Trinajstić information content (AvgIpc) is 2.75. The third-order valence-electron chi connectivity index (χ3n) is 4.78. The SMILES string of the molecule is CCCCCC[C@@H](O)C/C=C\CCCCCCCC(=O)OCC(CO)OC(=O)CS. The van der Waals surface area contributed by atoms with E-state index in [1.165, 1.54) is 19.3 Å². The standard InChI is InChI=1S/C23H42O6S/c1-2-3-4-11-14-20(25)15-12-9-7-5-6-8-10-13-16-22(26)28-18-21(17-24)29-23(27)19-30/h9,12,20-21,24-25,30H,2-8,10-11,13-19H2,1H3/b12-9-/t20-,21?/m1/s1. The lowest BCUT2D eigenvalue weighted by atomic mass is 10.1. The summed E-state index contributed by atoms with van der Waals surface area (Å²) < 4.78 is 9.91. The molecule has 0 aliphatic carbocycles. The number of carbonyl (C=O) groups excluding carboxylic acids is 2. The second kappa shape index (κ2) is 21.2. The van der Waals surface area contributed by atoms with Gasteiger partial charge in [-0.05, 0) is 32.1 Å². The maximum atomic E-state index is 11.7. The molecule has 0 amide bonds. The van der Waals surface area contributed by atoms with E-state index < -0.39 is 12.1 Å². The largest absolute Gasteiger partial charge is 0.462 e. The molecule has 0 fully saturated rings. The van der Waals surface area contributed by atoms with E-state index in [4.69, 9.17) is 14.6 Å². The fourth-order valence-electron chi connectivity index (χ4n) is 2.96. The van der Waals surface area contributed by atoms with Gasteiger partial charge in [-0.25, -0.2) is 0 Å². The van der Waals surface area contributed by atoms with Crippen LogP contribution in [0.4, 0.5) is 0 Å². The second-order valence-electron chi connectivity index (χ2n) is 7.65. The Balaban J connectivity index is 3.53. The number of aliphatic hydroxyl groups is 2. The Kier molecular flexibility index (Phi) is 20.5. The summed E-state index contributed by atoms with van der Waals surface area (Å²) in [6, 6.07) is 0. The van der Waals surface area contributed by atoms with E-state index in [-0.39, 0.29) is 31.0 Å². The first kappa shape index (κ1) is 28.9. The predicted octanol–water partition coefficient (Wildman–Crippen LogP) is 4.37. The van der Waals surface area contributed by atoms with Crippen molar-refractivity contribution >= 4 is 24.6 Å². The Hall–Kier alpha value is -1.05. The Bertz CT molecular complexity index is 455. The van der Waals surface area contributed by atoms with Gasteiger partial charge in [0.15, 0.2) is 6.10 Å². The summed E-state index contributed by atoms with van der Waals surface area (Å²) in [5, 5.41) is 19.0. The summed E-state index contributed by atoms with van der Waals surface area (Å²) in [5.41, 5.74) is 0. The smallest absolute Gasteiger partial charge is 0.316 e. The van der Waals surface area contributed by atoms with Gasteiger partial charge in [0.1, 0.15) is 6.61 Å². The van der Waals surface area contributed by atoms with Crippen molar-refractivity contribution in [2.75, 3.05) is 19.0 Å². The average molecular weight is 447 g/mol.